The molecule has 0 aliphatic heterocycles. The molecule has 0 aromatic carbocycles. The van der Waals surface area contributed by atoms with Crippen LogP contribution in [0.25, 0.3) is 0 Å². The van der Waals surface area contributed by atoms with E-state index in [0.717, 1.165) is 18.8 Å². The maximum Gasteiger partial charge on any atom is 1.00 e. The van der Waals surface area contributed by atoms with Crippen molar-refractivity contribution in [2.75, 3.05) is 6.61 Å². The molecule has 0 fully saturated rings. The van der Waals surface area contributed by atoms with Crippen molar-refractivity contribution in [1.29, 1.82) is 0 Å². The third kappa shape index (κ3) is 10.6. The molecule has 2 heteroatoms. The predicted octanol–water partition coefficient (Wildman–Crippen LogP) is -1.47. The standard InChI is InChI=1S/C6H14O.K.H/c1-6(2)4-3-5-7;;/h6-7H,3-5H2,1-2H3;;/q;+1;-1. The van der Waals surface area contributed by atoms with Crippen LogP contribution in [0.1, 0.15) is 28.1 Å². The fourth-order valence-electron chi connectivity index (χ4n) is 0.500. The third-order valence-electron chi connectivity index (χ3n) is 0.940. The molecule has 0 saturated heterocycles. The van der Waals surface area contributed by atoms with Crippen LogP contribution in [0.5, 0.6) is 0 Å². The van der Waals surface area contributed by atoms with E-state index in [1.807, 2.05) is 0 Å². The van der Waals surface area contributed by atoms with E-state index in [0.29, 0.717) is 6.61 Å². The van der Waals surface area contributed by atoms with Gasteiger partial charge in [-0.2, -0.15) is 0 Å². The molecule has 0 aliphatic rings. The summed E-state index contributed by atoms with van der Waals surface area (Å²) in [6.45, 7) is 4.67. The van der Waals surface area contributed by atoms with Crippen LogP contribution in [-0.4, -0.2) is 11.7 Å². The summed E-state index contributed by atoms with van der Waals surface area (Å²) in [4.78, 5) is 0. The Kier molecular flexibility index (Phi) is 13.2. The van der Waals surface area contributed by atoms with Crippen LogP contribution in [0, 0.1) is 5.92 Å². The molecule has 0 aliphatic carbocycles. The van der Waals surface area contributed by atoms with E-state index in [-0.39, 0.29) is 52.8 Å². The van der Waals surface area contributed by atoms with Crippen molar-refractivity contribution in [3.63, 3.8) is 0 Å². The number of hydrogen-bond acceptors (Lipinski definition) is 1. The van der Waals surface area contributed by atoms with Gasteiger partial charge in [-0.1, -0.05) is 13.8 Å². The van der Waals surface area contributed by atoms with Gasteiger partial charge < -0.3 is 6.53 Å². The van der Waals surface area contributed by atoms with Gasteiger partial charge in [0.05, 0.1) is 0 Å². The molecule has 0 amide bonds. The molecule has 0 rings (SSSR count). The van der Waals surface area contributed by atoms with Gasteiger partial charge in [-0.3, -0.25) is 0 Å². The summed E-state index contributed by atoms with van der Waals surface area (Å²) in [5.74, 6) is 0.743. The van der Waals surface area contributed by atoms with E-state index in [4.69, 9.17) is 5.11 Å². The van der Waals surface area contributed by atoms with Crippen LogP contribution >= 0.6 is 0 Å². The molecule has 0 bridgehead atoms. The van der Waals surface area contributed by atoms with E-state index in [1.54, 1.807) is 0 Å². The number of rotatable bonds is 3. The molecule has 0 spiro atoms. The molecule has 0 radical (unpaired) electrons. The predicted molar refractivity (Wildman–Crippen MR) is 32.3 cm³/mol. The average molecular weight is 142 g/mol. The monoisotopic (exact) mass is 142 g/mol. The molecule has 0 atom stereocenters. The minimum atomic E-state index is 0. The maximum atomic E-state index is 8.32. The summed E-state index contributed by atoms with van der Waals surface area (Å²) in [5.41, 5.74) is 0. The van der Waals surface area contributed by atoms with Crippen LogP contribution in [-0.2, 0) is 0 Å². The van der Waals surface area contributed by atoms with Gasteiger partial charge in [0.25, 0.3) is 0 Å². The SMILES string of the molecule is CC(C)CCCO.[H-].[K+]. The van der Waals surface area contributed by atoms with E-state index in [1.165, 1.54) is 0 Å². The molecule has 0 aromatic heterocycles. The summed E-state index contributed by atoms with van der Waals surface area (Å²) >= 11 is 0. The molecule has 0 heterocycles. The number of aliphatic hydroxyl groups is 1. The molecule has 0 saturated carbocycles. The minimum Gasteiger partial charge on any atom is -1.00 e. The van der Waals surface area contributed by atoms with E-state index < -0.39 is 0 Å². The summed E-state index contributed by atoms with van der Waals surface area (Å²) in [6.07, 6.45) is 2.11. The third-order valence-corrected chi connectivity index (χ3v) is 0.940. The van der Waals surface area contributed by atoms with E-state index in [2.05, 4.69) is 13.8 Å². The van der Waals surface area contributed by atoms with Crippen molar-refractivity contribution in [2.24, 2.45) is 5.92 Å². The van der Waals surface area contributed by atoms with Gasteiger partial charge in [0.1, 0.15) is 0 Å². The molecule has 1 nitrogen and oxygen atoms in total. The largest absolute Gasteiger partial charge is 1.00 e. The Bertz CT molecular complexity index is 42.0. The van der Waals surface area contributed by atoms with Crippen LogP contribution in [0.2, 0.25) is 0 Å². The first kappa shape index (κ1) is 12.3. The molecule has 0 aromatic rings. The summed E-state index contributed by atoms with van der Waals surface area (Å²) in [5, 5.41) is 8.32. The smallest absolute Gasteiger partial charge is 1.00 e. The second kappa shape index (κ2) is 8.60. The topological polar surface area (TPSA) is 20.2 Å². The van der Waals surface area contributed by atoms with Crippen molar-refractivity contribution < 1.29 is 57.9 Å². The first-order chi connectivity index (χ1) is 3.27. The Morgan fingerprint density at radius 3 is 2.12 bits per heavy atom. The fourth-order valence-corrected chi connectivity index (χ4v) is 0.500. The number of aliphatic hydroxyl groups excluding tert-OH is 1. The molecule has 0 unspecified atom stereocenters. The Morgan fingerprint density at radius 2 is 2.00 bits per heavy atom. The minimum absolute atomic E-state index is 0. The van der Waals surface area contributed by atoms with E-state index in [9.17, 15) is 0 Å². The zero-order valence-corrected chi connectivity index (χ0v) is 9.27. The van der Waals surface area contributed by atoms with Gasteiger partial charge in [0, 0.05) is 6.61 Å². The molecule has 8 heavy (non-hydrogen) atoms. The first-order valence-electron chi connectivity index (χ1n) is 2.88. The van der Waals surface area contributed by atoms with Gasteiger partial charge in [0.2, 0.25) is 0 Å². The van der Waals surface area contributed by atoms with Crippen molar-refractivity contribution in [1.82, 2.24) is 0 Å². The Hall–Kier alpha value is 1.60. The first-order valence-corrected chi connectivity index (χ1v) is 2.88. The second-order valence-corrected chi connectivity index (χ2v) is 2.26. The van der Waals surface area contributed by atoms with Crippen LogP contribution in [0.4, 0.5) is 0 Å². The Balaban J connectivity index is -0.000000180. The van der Waals surface area contributed by atoms with Crippen molar-refractivity contribution >= 4 is 0 Å². The summed E-state index contributed by atoms with van der Waals surface area (Å²) < 4.78 is 0. The maximum absolute atomic E-state index is 8.32. The van der Waals surface area contributed by atoms with E-state index >= 15 is 0 Å². The van der Waals surface area contributed by atoms with Gasteiger partial charge >= 0.3 is 51.4 Å². The summed E-state index contributed by atoms with van der Waals surface area (Å²) in [7, 11) is 0. The van der Waals surface area contributed by atoms with Gasteiger partial charge in [-0.15, -0.1) is 0 Å². The van der Waals surface area contributed by atoms with Gasteiger partial charge in [-0.05, 0) is 18.8 Å². The molecule has 46 valence electrons. The second-order valence-electron chi connectivity index (χ2n) is 2.26. The van der Waals surface area contributed by atoms with Crippen LogP contribution in [0.15, 0.2) is 0 Å². The normalized spacial score (nSPS) is 9.00. The Labute approximate surface area is 95.8 Å². The fraction of sp³-hybridized carbons (Fsp3) is 1.00. The average Bonchev–Trinajstić information content (AvgIpc) is 1.61. The zero-order chi connectivity index (χ0) is 5.70. The molecule has 1 N–H and O–H groups in total. The van der Waals surface area contributed by atoms with Crippen molar-refractivity contribution in [3.05, 3.63) is 0 Å². The quantitative estimate of drug-likeness (QED) is 0.477. The summed E-state index contributed by atoms with van der Waals surface area (Å²) in [6, 6.07) is 0. The van der Waals surface area contributed by atoms with Gasteiger partial charge in [-0.25, -0.2) is 0 Å². The van der Waals surface area contributed by atoms with Crippen LogP contribution in [0.3, 0.4) is 0 Å². The zero-order valence-electron chi connectivity index (χ0n) is 7.15. The van der Waals surface area contributed by atoms with Crippen molar-refractivity contribution in [2.45, 2.75) is 26.7 Å². The molecular formula is C6H15KO. The van der Waals surface area contributed by atoms with Gasteiger partial charge in [0.15, 0.2) is 0 Å². The van der Waals surface area contributed by atoms with Crippen LogP contribution < -0.4 is 51.4 Å². The molecular weight excluding hydrogens is 127 g/mol. The number of hydrogen-bond donors (Lipinski definition) is 1. The Morgan fingerprint density at radius 1 is 1.50 bits per heavy atom. The van der Waals surface area contributed by atoms with Crippen molar-refractivity contribution in [3.8, 4) is 0 Å².